The smallest absolute Gasteiger partial charge is 0.248 e. The van der Waals surface area contributed by atoms with Crippen LogP contribution in [-0.2, 0) is 4.79 Å². The fraction of sp³-hybridized carbons (Fsp3) is 0.357. The number of aliphatic hydroxyl groups excluding tert-OH is 1. The van der Waals surface area contributed by atoms with E-state index in [0.29, 0.717) is 11.3 Å². The second kappa shape index (κ2) is 9.92. The van der Waals surface area contributed by atoms with Crippen molar-refractivity contribution in [2.75, 3.05) is 25.2 Å². The molecule has 6 rings (SSSR count). The van der Waals surface area contributed by atoms with Gasteiger partial charge in [0, 0.05) is 47.9 Å². The molecule has 3 N–H and O–H groups in total. The summed E-state index contributed by atoms with van der Waals surface area (Å²) in [5.41, 5.74) is 4.59. The van der Waals surface area contributed by atoms with Gasteiger partial charge in [0.1, 0.15) is 23.9 Å². The summed E-state index contributed by atoms with van der Waals surface area (Å²) >= 11 is 1.64. The number of nitrogens with one attached hydrogen (secondary N) is 1. The first kappa shape index (κ1) is 24.7. The van der Waals surface area contributed by atoms with Crippen LogP contribution >= 0.6 is 11.8 Å². The molecule has 0 spiro atoms. The molecule has 4 aromatic rings. The van der Waals surface area contributed by atoms with Crippen LogP contribution in [0.1, 0.15) is 37.3 Å². The third-order valence-corrected chi connectivity index (χ3v) is 8.65. The van der Waals surface area contributed by atoms with E-state index >= 15 is 0 Å². The number of carbonyl (C=O) groups excluding carboxylic acids is 1. The Kier molecular flexibility index (Phi) is 6.45. The quantitative estimate of drug-likeness (QED) is 0.318. The Morgan fingerprint density at radius 1 is 1.13 bits per heavy atom. The Hall–Kier alpha value is -3.63. The molecule has 2 fully saturated rings. The molecule has 3 aromatic heterocycles. The number of aromatic nitrogens is 4. The van der Waals surface area contributed by atoms with Gasteiger partial charge >= 0.3 is 0 Å². The summed E-state index contributed by atoms with van der Waals surface area (Å²) in [6.45, 7) is -0.440. The molecule has 196 valence electrons. The summed E-state index contributed by atoms with van der Waals surface area (Å²) in [6.07, 6.45) is 9.11. The highest BCUT2D eigenvalue weighted by molar-refractivity contribution is 7.98. The van der Waals surface area contributed by atoms with E-state index in [1.165, 1.54) is 0 Å². The average molecular weight is 531 g/mol. The van der Waals surface area contributed by atoms with Crippen LogP contribution in [0, 0.1) is 0 Å². The number of anilines is 1. The van der Waals surface area contributed by atoms with E-state index in [1.54, 1.807) is 30.2 Å². The van der Waals surface area contributed by atoms with Crippen LogP contribution in [0.3, 0.4) is 0 Å². The molecule has 2 bridgehead atoms. The van der Waals surface area contributed by atoms with E-state index in [2.05, 4.69) is 15.4 Å². The van der Waals surface area contributed by atoms with Crippen molar-refractivity contribution in [2.24, 2.45) is 0 Å². The fourth-order valence-corrected chi connectivity index (χ4v) is 7.01. The lowest BCUT2D eigenvalue weighted by molar-refractivity contribution is -0.138. The number of fused-ring (bicyclic) bond motifs is 3. The van der Waals surface area contributed by atoms with Crippen LogP contribution in [0.15, 0.2) is 53.7 Å². The predicted molar refractivity (Wildman–Crippen MR) is 147 cm³/mol. The molecule has 0 radical (unpaired) electrons. The maximum absolute atomic E-state index is 12.4. The molecule has 2 atom stereocenters. The molecule has 5 heterocycles. The Labute approximate surface area is 224 Å². The summed E-state index contributed by atoms with van der Waals surface area (Å²) in [5.74, 6) is 0.970. The topological polar surface area (TPSA) is 116 Å². The summed E-state index contributed by atoms with van der Waals surface area (Å²) in [5, 5.41) is 28.3. The van der Waals surface area contributed by atoms with Gasteiger partial charge in [0.25, 0.3) is 0 Å². The lowest BCUT2D eigenvalue weighted by Gasteiger charge is -2.39. The first-order valence-corrected chi connectivity index (χ1v) is 14.1. The van der Waals surface area contributed by atoms with Gasteiger partial charge in [0.15, 0.2) is 5.65 Å². The van der Waals surface area contributed by atoms with Gasteiger partial charge in [-0.15, -0.1) is 11.8 Å². The molecular formula is C28H30N6O3S. The molecular weight excluding hydrogens is 500 g/mol. The number of amides is 1. The number of rotatable bonds is 6. The number of hydrogen-bond acceptors (Lipinski definition) is 8. The first-order valence-electron chi connectivity index (χ1n) is 12.8. The van der Waals surface area contributed by atoms with Gasteiger partial charge in [-0.2, -0.15) is 9.61 Å². The van der Waals surface area contributed by atoms with E-state index in [9.17, 15) is 15.0 Å². The molecule has 0 aliphatic carbocycles. The van der Waals surface area contributed by atoms with Crippen LogP contribution in [0.25, 0.3) is 28.0 Å². The number of thioether (sulfide) groups is 1. The minimum absolute atomic E-state index is 0.0975. The molecule has 10 heteroatoms. The van der Waals surface area contributed by atoms with Crippen molar-refractivity contribution in [1.82, 2.24) is 24.5 Å². The number of nitrogens with zero attached hydrogens (tertiary/aromatic N) is 5. The van der Waals surface area contributed by atoms with E-state index in [0.717, 1.165) is 58.8 Å². The van der Waals surface area contributed by atoms with Crippen molar-refractivity contribution in [3.05, 3.63) is 54.5 Å². The van der Waals surface area contributed by atoms with Gasteiger partial charge in [-0.05, 0) is 38.0 Å². The minimum Gasteiger partial charge on any atom is -0.506 e. The van der Waals surface area contributed by atoms with Crippen molar-refractivity contribution in [2.45, 2.75) is 48.6 Å². The number of piperidine rings is 1. The molecule has 1 aromatic carbocycles. The van der Waals surface area contributed by atoms with E-state index in [1.807, 2.05) is 53.1 Å². The Balaban J connectivity index is 1.43. The molecule has 38 heavy (non-hydrogen) atoms. The van der Waals surface area contributed by atoms with Crippen molar-refractivity contribution < 1.29 is 15.0 Å². The van der Waals surface area contributed by atoms with E-state index in [-0.39, 0.29) is 29.7 Å². The summed E-state index contributed by atoms with van der Waals surface area (Å²) in [4.78, 5) is 25.1. The number of pyridine rings is 1. The highest BCUT2D eigenvalue weighted by Gasteiger charge is 2.44. The third kappa shape index (κ3) is 3.99. The molecule has 2 aliphatic heterocycles. The first-order chi connectivity index (χ1) is 18.5. The highest BCUT2D eigenvalue weighted by atomic mass is 32.2. The predicted octanol–water partition coefficient (Wildman–Crippen LogP) is 4.16. The number of aromatic hydroxyl groups is 1. The Morgan fingerprint density at radius 3 is 2.50 bits per heavy atom. The molecule has 2 saturated heterocycles. The second-order valence-electron chi connectivity index (χ2n) is 9.89. The molecule has 2 unspecified atom stereocenters. The monoisotopic (exact) mass is 530 g/mol. The van der Waals surface area contributed by atoms with Gasteiger partial charge in [-0.25, -0.2) is 4.98 Å². The Morgan fingerprint density at radius 2 is 1.87 bits per heavy atom. The van der Waals surface area contributed by atoms with Crippen LogP contribution in [0.2, 0.25) is 0 Å². The maximum Gasteiger partial charge on any atom is 0.248 e. The molecule has 0 saturated carbocycles. The number of hydrogen-bond donors (Lipinski definition) is 3. The average Bonchev–Trinajstić information content (AvgIpc) is 3.49. The SMILES string of the molecule is CNc1c(SC)c(C2CC3CCC(C2)N3C(=O)CO)nc2c(-c3cnc(-c4ccccc4)c(O)c3)cnn12. The zero-order chi connectivity index (χ0) is 26.4. The van der Waals surface area contributed by atoms with E-state index < -0.39 is 6.61 Å². The molecule has 9 nitrogen and oxygen atoms in total. The molecule has 1 amide bonds. The highest BCUT2D eigenvalue weighted by Crippen LogP contribution is 2.46. The van der Waals surface area contributed by atoms with E-state index in [4.69, 9.17) is 4.98 Å². The normalized spacial score (nSPS) is 20.7. The maximum atomic E-state index is 12.4. The fourth-order valence-electron chi connectivity index (χ4n) is 6.20. The van der Waals surface area contributed by atoms with Gasteiger partial charge in [0.05, 0.1) is 16.8 Å². The van der Waals surface area contributed by atoms with Gasteiger partial charge in [0.2, 0.25) is 5.91 Å². The number of benzene rings is 1. The third-order valence-electron chi connectivity index (χ3n) is 7.84. The zero-order valence-electron chi connectivity index (χ0n) is 21.3. The second-order valence-corrected chi connectivity index (χ2v) is 10.7. The van der Waals surface area contributed by atoms with Gasteiger partial charge in [-0.1, -0.05) is 30.3 Å². The zero-order valence-corrected chi connectivity index (χ0v) is 22.1. The standard InChI is InChI=1S/C28H30N6O3S/c1-29-28-26(38-2)25(17-10-19-8-9-20(11-17)33(19)23(37)15-35)32-27-21(14-31-34(27)28)18-12-22(36)24(30-13-18)16-6-4-3-5-7-16/h3-7,12-14,17,19-20,29,35-36H,8-11,15H2,1-2H3. The molecule has 2 aliphatic rings. The van der Waals surface area contributed by atoms with Crippen molar-refractivity contribution in [3.63, 3.8) is 0 Å². The van der Waals surface area contributed by atoms with Crippen molar-refractivity contribution in [3.8, 4) is 28.1 Å². The van der Waals surface area contributed by atoms with Gasteiger partial charge < -0.3 is 20.4 Å². The Bertz CT molecular complexity index is 1490. The van der Waals surface area contributed by atoms with Gasteiger partial charge in [-0.3, -0.25) is 9.78 Å². The minimum atomic E-state index is -0.440. The lowest BCUT2D eigenvalue weighted by atomic mass is 9.87. The van der Waals surface area contributed by atoms with Crippen LogP contribution in [0.4, 0.5) is 5.82 Å². The summed E-state index contributed by atoms with van der Waals surface area (Å²) < 4.78 is 1.81. The van der Waals surface area contributed by atoms with Crippen LogP contribution in [-0.4, -0.2) is 72.6 Å². The number of carbonyl (C=O) groups is 1. The van der Waals surface area contributed by atoms with Crippen molar-refractivity contribution >= 4 is 29.1 Å². The summed E-state index contributed by atoms with van der Waals surface area (Å²) in [7, 11) is 1.88. The van der Waals surface area contributed by atoms with Crippen LogP contribution in [0.5, 0.6) is 5.75 Å². The van der Waals surface area contributed by atoms with Crippen LogP contribution < -0.4 is 5.32 Å². The number of aliphatic hydroxyl groups is 1. The lowest BCUT2D eigenvalue weighted by Crippen LogP contribution is -2.47. The van der Waals surface area contributed by atoms with Crippen molar-refractivity contribution in [1.29, 1.82) is 0 Å². The largest absolute Gasteiger partial charge is 0.506 e. The summed E-state index contributed by atoms with van der Waals surface area (Å²) in [6, 6.07) is 11.6.